The SMILES string of the molecule is CCc1cc2scc(CC)c2cc1Br. The Morgan fingerprint density at radius 2 is 1.86 bits per heavy atom. The summed E-state index contributed by atoms with van der Waals surface area (Å²) in [6, 6.07) is 4.58. The molecule has 1 heterocycles. The average molecular weight is 269 g/mol. The summed E-state index contributed by atoms with van der Waals surface area (Å²) in [6.45, 7) is 4.41. The Morgan fingerprint density at radius 3 is 2.50 bits per heavy atom. The van der Waals surface area contributed by atoms with Gasteiger partial charge in [0.25, 0.3) is 0 Å². The van der Waals surface area contributed by atoms with Crippen molar-refractivity contribution in [1.29, 1.82) is 0 Å². The van der Waals surface area contributed by atoms with Crippen LogP contribution in [0, 0.1) is 0 Å². The molecule has 0 radical (unpaired) electrons. The normalized spacial score (nSPS) is 11.1. The van der Waals surface area contributed by atoms with Gasteiger partial charge in [-0.1, -0.05) is 29.8 Å². The van der Waals surface area contributed by atoms with Crippen molar-refractivity contribution in [2.24, 2.45) is 0 Å². The van der Waals surface area contributed by atoms with E-state index in [-0.39, 0.29) is 0 Å². The van der Waals surface area contributed by atoms with Gasteiger partial charge < -0.3 is 0 Å². The fraction of sp³-hybridized carbons (Fsp3) is 0.333. The number of halogens is 1. The van der Waals surface area contributed by atoms with Gasteiger partial charge in [-0.2, -0.15) is 0 Å². The van der Waals surface area contributed by atoms with E-state index in [9.17, 15) is 0 Å². The van der Waals surface area contributed by atoms with Crippen molar-refractivity contribution in [2.45, 2.75) is 26.7 Å². The van der Waals surface area contributed by atoms with E-state index in [0.717, 1.165) is 12.8 Å². The third kappa shape index (κ3) is 1.61. The Kier molecular flexibility index (Phi) is 2.93. The molecule has 0 aliphatic rings. The van der Waals surface area contributed by atoms with Crippen molar-refractivity contribution < 1.29 is 0 Å². The van der Waals surface area contributed by atoms with E-state index in [2.05, 4.69) is 47.3 Å². The van der Waals surface area contributed by atoms with Crippen LogP contribution in [0.15, 0.2) is 22.0 Å². The summed E-state index contributed by atoms with van der Waals surface area (Å²) in [7, 11) is 0. The molecule has 0 saturated heterocycles. The van der Waals surface area contributed by atoms with Gasteiger partial charge in [0.15, 0.2) is 0 Å². The van der Waals surface area contributed by atoms with Crippen LogP contribution >= 0.6 is 27.3 Å². The highest BCUT2D eigenvalue weighted by Gasteiger charge is 2.06. The Labute approximate surface area is 97.1 Å². The molecule has 0 aliphatic carbocycles. The molecule has 2 aromatic rings. The van der Waals surface area contributed by atoms with E-state index in [0.29, 0.717) is 0 Å². The smallest absolute Gasteiger partial charge is 0.0349 e. The first-order valence-corrected chi connectivity index (χ1v) is 6.62. The second kappa shape index (κ2) is 4.03. The summed E-state index contributed by atoms with van der Waals surface area (Å²) >= 11 is 5.49. The molecular formula is C12H13BrS. The molecule has 0 amide bonds. The molecule has 0 N–H and O–H groups in total. The molecule has 0 unspecified atom stereocenters. The predicted octanol–water partition coefficient (Wildman–Crippen LogP) is 4.79. The molecule has 0 fully saturated rings. The lowest BCUT2D eigenvalue weighted by atomic mass is 10.1. The highest BCUT2D eigenvalue weighted by molar-refractivity contribution is 9.10. The lowest BCUT2D eigenvalue weighted by Gasteiger charge is -2.02. The van der Waals surface area contributed by atoms with Gasteiger partial charge in [-0.25, -0.2) is 0 Å². The van der Waals surface area contributed by atoms with Gasteiger partial charge in [0.2, 0.25) is 0 Å². The summed E-state index contributed by atoms with van der Waals surface area (Å²) < 4.78 is 2.67. The fourth-order valence-electron chi connectivity index (χ4n) is 1.69. The number of aryl methyl sites for hydroxylation is 2. The molecule has 0 atom stereocenters. The number of rotatable bonds is 2. The van der Waals surface area contributed by atoms with Gasteiger partial charge in [0, 0.05) is 9.17 Å². The second-order valence-corrected chi connectivity index (χ2v) is 5.17. The number of benzene rings is 1. The van der Waals surface area contributed by atoms with Crippen LogP contribution in [0.4, 0.5) is 0 Å². The van der Waals surface area contributed by atoms with Gasteiger partial charge in [0.05, 0.1) is 0 Å². The molecule has 1 aromatic heterocycles. The highest BCUT2D eigenvalue weighted by atomic mass is 79.9. The van der Waals surface area contributed by atoms with E-state index in [1.165, 1.54) is 25.7 Å². The van der Waals surface area contributed by atoms with Crippen LogP contribution in [-0.2, 0) is 12.8 Å². The topological polar surface area (TPSA) is 0 Å². The van der Waals surface area contributed by atoms with Gasteiger partial charge in [0.1, 0.15) is 0 Å². The molecule has 2 heteroatoms. The van der Waals surface area contributed by atoms with Crippen LogP contribution in [0.1, 0.15) is 25.0 Å². The molecule has 2 rings (SSSR count). The van der Waals surface area contributed by atoms with Gasteiger partial charge in [-0.15, -0.1) is 11.3 Å². The molecule has 1 aromatic carbocycles. The van der Waals surface area contributed by atoms with E-state index in [4.69, 9.17) is 0 Å². The monoisotopic (exact) mass is 268 g/mol. The summed E-state index contributed by atoms with van der Waals surface area (Å²) in [4.78, 5) is 0. The van der Waals surface area contributed by atoms with Crippen molar-refractivity contribution in [3.63, 3.8) is 0 Å². The van der Waals surface area contributed by atoms with Crippen LogP contribution < -0.4 is 0 Å². The van der Waals surface area contributed by atoms with Crippen molar-refractivity contribution >= 4 is 37.4 Å². The quantitative estimate of drug-likeness (QED) is 0.735. The average Bonchev–Trinajstić information content (AvgIpc) is 2.58. The standard InChI is InChI=1S/C12H13BrS/c1-3-8-5-12-10(6-11(8)13)9(4-2)7-14-12/h5-7H,3-4H2,1-2H3. The third-order valence-corrected chi connectivity index (χ3v) is 4.32. The predicted molar refractivity (Wildman–Crippen MR) is 68.3 cm³/mol. The molecule has 14 heavy (non-hydrogen) atoms. The van der Waals surface area contributed by atoms with Crippen LogP contribution in [0.2, 0.25) is 0 Å². The van der Waals surface area contributed by atoms with Crippen LogP contribution in [-0.4, -0.2) is 0 Å². The van der Waals surface area contributed by atoms with Gasteiger partial charge >= 0.3 is 0 Å². The summed E-state index contributed by atoms with van der Waals surface area (Å²) in [5.41, 5.74) is 2.87. The largest absolute Gasteiger partial charge is 0.144 e. The first-order valence-electron chi connectivity index (χ1n) is 4.94. The van der Waals surface area contributed by atoms with Crippen molar-refractivity contribution in [3.05, 3.63) is 33.1 Å². The zero-order chi connectivity index (χ0) is 10.1. The van der Waals surface area contributed by atoms with Gasteiger partial charge in [-0.3, -0.25) is 0 Å². The molecule has 74 valence electrons. The summed E-state index contributed by atoms with van der Waals surface area (Å²) in [5.74, 6) is 0. The Hall–Kier alpha value is -0.340. The maximum atomic E-state index is 3.63. The molecule has 0 nitrogen and oxygen atoms in total. The molecule has 0 aliphatic heterocycles. The van der Waals surface area contributed by atoms with Crippen molar-refractivity contribution in [2.75, 3.05) is 0 Å². The van der Waals surface area contributed by atoms with E-state index >= 15 is 0 Å². The van der Waals surface area contributed by atoms with Crippen LogP contribution in [0.5, 0.6) is 0 Å². The number of hydrogen-bond acceptors (Lipinski definition) is 1. The first kappa shape index (κ1) is 10.2. The van der Waals surface area contributed by atoms with E-state index in [1.807, 2.05) is 11.3 Å². The second-order valence-electron chi connectivity index (χ2n) is 3.41. The zero-order valence-corrected chi connectivity index (χ0v) is 10.8. The van der Waals surface area contributed by atoms with E-state index < -0.39 is 0 Å². The van der Waals surface area contributed by atoms with Gasteiger partial charge in [-0.05, 0) is 46.9 Å². The minimum absolute atomic E-state index is 1.09. The van der Waals surface area contributed by atoms with Crippen LogP contribution in [0.3, 0.4) is 0 Å². The molecule has 0 bridgehead atoms. The Morgan fingerprint density at radius 1 is 1.14 bits per heavy atom. The van der Waals surface area contributed by atoms with E-state index in [1.54, 1.807) is 0 Å². The lowest BCUT2D eigenvalue weighted by molar-refractivity contribution is 1.13. The highest BCUT2D eigenvalue weighted by Crippen LogP contribution is 2.31. The Bertz CT molecular complexity index is 457. The zero-order valence-electron chi connectivity index (χ0n) is 8.43. The van der Waals surface area contributed by atoms with Crippen LogP contribution in [0.25, 0.3) is 10.1 Å². The molecule has 0 saturated carbocycles. The first-order chi connectivity index (χ1) is 6.76. The minimum Gasteiger partial charge on any atom is -0.144 e. The summed E-state index contributed by atoms with van der Waals surface area (Å²) in [6.07, 6.45) is 2.22. The maximum absolute atomic E-state index is 3.63. The molecule has 0 spiro atoms. The lowest BCUT2D eigenvalue weighted by Crippen LogP contribution is -1.83. The summed E-state index contributed by atoms with van der Waals surface area (Å²) in [5, 5.41) is 3.69. The maximum Gasteiger partial charge on any atom is 0.0349 e. The number of hydrogen-bond donors (Lipinski definition) is 0. The Balaban J connectivity index is 2.69. The number of fused-ring (bicyclic) bond motifs is 1. The van der Waals surface area contributed by atoms with Crippen molar-refractivity contribution in [1.82, 2.24) is 0 Å². The minimum atomic E-state index is 1.09. The van der Waals surface area contributed by atoms with Crippen molar-refractivity contribution in [3.8, 4) is 0 Å². The fourth-order valence-corrected chi connectivity index (χ4v) is 3.40. The third-order valence-electron chi connectivity index (χ3n) is 2.58. The molecular weight excluding hydrogens is 256 g/mol. The number of thiophene rings is 1.